The van der Waals surface area contributed by atoms with Crippen LogP contribution in [0.3, 0.4) is 0 Å². The minimum atomic E-state index is -0.795. The number of thiophene rings is 1. The Balaban J connectivity index is 2.34. The van der Waals surface area contributed by atoms with Crippen LogP contribution in [-0.4, -0.2) is 38.3 Å². The summed E-state index contributed by atoms with van der Waals surface area (Å²) in [5, 5.41) is 8.04. The largest absolute Gasteiger partial charge is 0.383 e. The number of hydrogen-bond donors (Lipinski definition) is 2. The van der Waals surface area contributed by atoms with Crippen molar-refractivity contribution in [1.29, 1.82) is 0 Å². The van der Waals surface area contributed by atoms with Crippen molar-refractivity contribution in [2.24, 2.45) is 5.10 Å². The van der Waals surface area contributed by atoms with Crippen LogP contribution in [0, 0.1) is 6.92 Å². The molecule has 18 heavy (non-hydrogen) atoms. The zero-order valence-electron chi connectivity index (χ0n) is 10.2. The molecular weight excluding hydrogens is 254 g/mol. The van der Waals surface area contributed by atoms with Crippen LogP contribution in [0.4, 0.5) is 0 Å². The monoisotopic (exact) mass is 269 g/mol. The van der Waals surface area contributed by atoms with E-state index in [0.717, 1.165) is 10.4 Å². The zero-order chi connectivity index (χ0) is 13.4. The number of methoxy groups -OCH3 is 1. The molecule has 0 aliphatic carbocycles. The van der Waals surface area contributed by atoms with Crippen molar-refractivity contribution in [2.75, 3.05) is 20.3 Å². The third-order valence-corrected chi connectivity index (χ3v) is 3.00. The first-order valence-corrected chi connectivity index (χ1v) is 6.17. The van der Waals surface area contributed by atoms with E-state index in [1.54, 1.807) is 0 Å². The van der Waals surface area contributed by atoms with Gasteiger partial charge < -0.3 is 10.1 Å². The maximum atomic E-state index is 11.3. The van der Waals surface area contributed by atoms with E-state index in [2.05, 4.69) is 15.8 Å². The van der Waals surface area contributed by atoms with Crippen LogP contribution in [0.1, 0.15) is 10.4 Å². The van der Waals surface area contributed by atoms with Gasteiger partial charge in [-0.25, -0.2) is 5.43 Å². The molecule has 98 valence electrons. The summed E-state index contributed by atoms with van der Waals surface area (Å²) < 4.78 is 4.74. The molecule has 1 rings (SSSR count). The minimum absolute atomic E-state index is 0.288. The van der Waals surface area contributed by atoms with E-state index in [9.17, 15) is 9.59 Å². The Labute approximate surface area is 109 Å². The highest BCUT2D eigenvalue weighted by Gasteiger charge is 2.11. The maximum Gasteiger partial charge on any atom is 0.329 e. The van der Waals surface area contributed by atoms with Gasteiger partial charge in [-0.05, 0) is 23.9 Å². The standard InChI is InChI=1S/C11H15N3O3S/c1-8-3-6-18-9(8)7-13-14-11(16)10(15)12-4-5-17-2/h3,6-7H,4-5H2,1-2H3,(H,12,15)(H,14,16)/b13-7-. The number of aryl methyl sites for hydroxylation is 1. The summed E-state index contributed by atoms with van der Waals surface area (Å²) in [7, 11) is 1.51. The van der Waals surface area contributed by atoms with Crippen molar-refractivity contribution in [3.63, 3.8) is 0 Å². The summed E-state index contributed by atoms with van der Waals surface area (Å²) in [5.74, 6) is -1.52. The quantitative estimate of drug-likeness (QED) is 0.348. The van der Waals surface area contributed by atoms with Crippen LogP contribution in [0.5, 0.6) is 0 Å². The Morgan fingerprint density at radius 2 is 2.28 bits per heavy atom. The molecule has 0 atom stereocenters. The lowest BCUT2D eigenvalue weighted by Crippen LogP contribution is -2.39. The van der Waals surface area contributed by atoms with Gasteiger partial charge in [-0.3, -0.25) is 9.59 Å². The predicted octanol–water partition coefficient (Wildman–Crippen LogP) is 0.269. The first-order chi connectivity index (χ1) is 8.65. The van der Waals surface area contributed by atoms with Gasteiger partial charge in [-0.2, -0.15) is 5.10 Å². The normalized spacial score (nSPS) is 10.6. The second-order valence-electron chi connectivity index (χ2n) is 3.42. The van der Waals surface area contributed by atoms with Gasteiger partial charge in [-0.15, -0.1) is 11.3 Å². The van der Waals surface area contributed by atoms with Gasteiger partial charge in [0.25, 0.3) is 0 Å². The molecule has 0 saturated carbocycles. The van der Waals surface area contributed by atoms with Gasteiger partial charge in [0, 0.05) is 18.5 Å². The van der Waals surface area contributed by atoms with E-state index in [-0.39, 0.29) is 6.54 Å². The first-order valence-electron chi connectivity index (χ1n) is 5.29. The van der Waals surface area contributed by atoms with Crippen molar-refractivity contribution in [3.05, 3.63) is 21.9 Å². The first kappa shape index (κ1) is 14.3. The van der Waals surface area contributed by atoms with E-state index in [4.69, 9.17) is 4.74 Å². The summed E-state index contributed by atoms with van der Waals surface area (Å²) in [6.07, 6.45) is 1.51. The predicted molar refractivity (Wildman–Crippen MR) is 69.7 cm³/mol. The Morgan fingerprint density at radius 1 is 1.50 bits per heavy atom. The molecule has 2 N–H and O–H groups in total. The number of hydrogen-bond acceptors (Lipinski definition) is 5. The molecule has 1 aromatic rings. The van der Waals surface area contributed by atoms with Crippen molar-refractivity contribution >= 4 is 29.4 Å². The number of amides is 2. The lowest BCUT2D eigenvalue weighted by Gasteiger charge is -2.02. The average Bonchev–Trinajstić information content (AvgIpc) is 2.75. The van der Waals surface area contributed by atoms with E-state index < -0.39 is 11.8 Å². The second-order valence-corrected chi connectivity index (χ2v) is 4.36. The molecule has 0 radical (unpaired) electrons. The fourth-order valence-electron chi connectivity index (χ4n) is 1.06. The third kappa shape index (κ3) is 4.64. The molecule has 0 aliphatic heterocycles. The topological polar surface area (TPSA) is 79.8 Å². The summed E-state index contributed by atoms with van der Waals surface area (Å²) in [6, 6.07) is 1.95. The number of ether oxygens (including phenoxy) is 1. The molecule has 0 unspecified atom stereocenters. The Bertz CT molecular complexity index is 442. The molecule has 1 aromatic heterocycles. The van der Waals surface area contributed by atoms with Crippen LogP contribution in [-0.2, 0) is 14.3 Å². The van der Waals surface area contributed by atoms with Gasteiger partial charge in [0.15, 0.2) is 0 Å². The highest BCUT2D eigenvalue weighted by atomic mass is 32.1. The van der Waals surface area contributed by atoms with Crippen LogP contribution in [0.15, 0.2) is 16.5 Å². The Morgan fingerprint density at radius 3 is 2.89 bits per heavy atom. The fraction of sp³-hybridized carbons (Fsp3) is 0.364. The van der Waals surface area contributed by atoms with Gasteiger partial charge in [0.2, 0.25) is 0 Å². The smallest absolute Gasteiger partial charge is 0.329 e. The molecule has 1 heterocycles. The molecule has 0 spiro atoms. The summed E-state index contributed by atoms with van der Waals surface area (Å²) in [4.78, 5) is 23.4. The van der Waals surface area contributed by atoms with Crippen molar-refractivity contribution in [3.8, 4) is 0 Å². The van der Waals surface area contributed by atoms with Crippen LogP contribution >= 0.6 is 11.3 Å². The average molecular weight is 269 g/mol. The molecular formula is C11H15N3O3S. The molecule has 0 fully saturated rings. The van der Waals surface area contributed by atoms with Crippen LogP contribution in [0.2, 0.25) is 0 Å². The van der Waals surface area contributed by atoms with E-state index >= 15 is 0 Å². The van der Waals surface area contributed by atoms with Gasteiger partial charge >= 0.3 is 11.8 Å². The third-order valence-electron chi connectivity index (χ3n) is 2.05. The molecule has 6 nitrogen and oxygen atoms in total. The van der Waals surface area contributed by atoms with Gasteiger partial charge in [-0.1, -0.05) is 0 Å². The van der Waals surface area contributed by atoms with Crippen molar-refractivity contribution < 1.29 is 14.3 Å². The number of carbonyl (C=O) groups excluding carboxylic acids is 2. The lowest BCUT2D eigenvalue weighted by molar-refractivity contribution is -0.139. The maximum absolute atomic E-state index is 11.3. The number of hydrazone groups is 1. The highest BCUT2D eigenvalue weighted by Crippen LogP contribution is 2.12. The zero-order valence-corrected chi connectivity index (χ0v) is 11.0. The molecule has 0 aliphatic rings. The van der Waals surface area contributed by atoms with E-state index in [1.165, 1.54) is 24.7 Å². The van der Waals surface area contributed by atoms with Gasteiger partial charge in [0.1, 0.15) is 0 Å². The van der Waals surface area contributed by atoms with Gasteiger partial charge in [0.05, 0.1) is 12.8 Å². The van der Waals surface area contributed by atoms with Crippen LogP contribution < -0.4 is 10.7 Å². The van der Waals surface area contributed by atoms with E-state index in [1.807, 2.05) is 18.4 Å². The Kier molecular flexibility index (Phi) is 6.03. The summed E-state index contributed by atoms with van der Waals surface area (Å²) >= 11 is 1.51. The number of rotatable bonds is 5. The number of nitrogens with zero attached hydrogens (tertiary/aromatic N) is 1. The van der Waals surface area contributed by atoms with Crippen LogP contribution in [0.25, 0.3) is 0 Å². The van der Waals surface area contributed by atoms with Crippen molar-refractivity contribution in [1.82, 2.24) is 10.7 Å². The highest BCUT2D eigenvalue weighted by molar-refractivity contribution is 7.11. The molecule has 0 aromatic carbocycles. The lowest BCUT2D eigenvalue weighted by atomic mass is 10.3. The SMILES string of the molecule is COCCNC(=O)C(=O)N/N=C\c1sccc1C. The molecule has 7 heteroatoms. The number of carbonyl (C=O) groups is 2. The molecule has 2 amide bonds. The van der Waals surface area contributed by atoms with Crippen molar-refractivity contribution in [2.45, 2.75) is 6.92 Å². The fourth-order valence-corrected chi connectivity index (χ4v) is 1.85. The summed E-state index contributed by atoms with van der Waals surface area (Å²) in [5.41, 5.74) is 3.23. The molecule has 0 saturated heterocycles. The summed E-state index contributed by atoms with van der Waals surface area (Å²) in [6.45, 7) is 2.59. The minimum Gasteiger partial charge on any atom is -0.383 e. The Hall–Kier alpha value is -1.73. The number of nitrogens with one attached hydrogen (secondary N) is 2. The second kappa shape index (κ2) is 7.57. The molecule has 0 bridgehead atoms. The van der Waals surface area contributed by atoms with E-state index in [0.29, 0.717) is 6.61 Å².